The maximum absolute atomic E-state index is 13.8. The Labute approximate surface area is 121 Å². The van der Waals surface area contributed by atoms with E-state index in [0.717, 1.165) is 22.5 Å². The Morgan fingerprint density at radius 3 is 2.71 bits per heavy atom. The van der Waals surface area contributed by atoms with Gasteiger partial charge in [-0.15, -0.1) is 0 Å². The summed E-state index contributed by atoms with van der Waals surface area (Å²) in [6, 6.07) is 2.17. The highest BCUT2D eigenvalue weighted by molar-refractivity contribution is 7.89. The van der Waals surface area contributed by atoms with Crippen molar-refractivity contribution in [2.45, 2.75) is 24.3 Å². The topological polar surface area (TPSA) is 107 Å². The van der Waals surface area contributed by atoms with E-state index < -0.39 is 31.3 Å². The molecule has 1 aromatic carbocycles. The number of nitro benzene ring substituents is 1. The Morgan fingerprint density at radius 2 is 2.19 bits per heavy atom. The molecule has 1 aliphatic heterocycles. The number of nitrogens with zero attached hydrogens (tertiary/aromatic N) is 2. The maximum atomic E-state index is 13.8. The number of nitrogens with two attached hydrogens (primary N) is 1. The average molecular weight is 317 g/mol. The van der Waals surface area contributed by atoms with E-state index in [1.807, 2.05) is 0 Å². The van der Waals surface area contributed by atoms with Gasteiger partial charge in [0.2, 0.25) is 10.0 Å². The number of rotatable bonds is 4. The zero-order valence-electron chi connectivity index (χ0n) is 11.4. The molecule has 0 spiro atoms. The van der Waals surface area contributed by atoms with Crippen LogP contribution in [-0.2, 0) is 10.0 Å². The third-order valence-electron chi connectivity index (χ3n) is 3.65. The zero-order valence-corrected chi connectivity index (χ0v) is 12.2. The van der Waals surface area contributed by atoms with E-state index in [9.17, 15) is 22.9 Å². The first-order chi connectivity index (χ1) is 9.77. The Bertz CT molecular complexity index is 664. The first-order valence-electron chi connectivity index (χ1n) is 6.43. The summed E-state index contributed by atoms with van der Waals surface area (Å²) >= 11 is 0. The second-order valence-corrected chi connectivity index (χ2v) is 6.99. The Morgan fingerprint density at radius 1 is 1.52 bits per heavy atom. The number of hydrogen-bond acceptors (Lipinski definition) is 5. The van der Waals surface area contributed by atoms with Gasteiger partial charge in [-0.1, -0.05) is 0 Å². The Balaban J connectivity index is 2.45. The molecule has 2 N–H and O–H groups in total. The molecule has 7 nitrogen and oxygen atoms in total. The van der Waals surface area contributed by atoms with Crippen LogP contribution < -0.4 is 5.73 Å². The molecule has 0 amide bonds. The van der Waals surface area contributed by atoms with E-state index >= 15 is 0 Å². The van der Waals surface area contributed by atoms with Crippen molar-refractivity contribution in [1.29, 1.82) is 0 Å². The fourth-order valence-corrected chi connectivity index (χ4v) is 4.35. The van der Waals surface area contributed by atoms with Crippen LogP contribution in [-0.4, -0.2) is 36.8 Å². The Kier molecular flexibility index (Phi) is 4.26. The van der Waals surface area contributed by atoms with Crippen molar-refractivity contribution in [2.75, 3.05) is 13.1 Å². The van der Waals surface area contributed by atoms with Gasteiger partial charge in [0.15, 0.2) is 0 Å². The van der Waals surface area contributed by atoms with Crippen LogP contribution in [0.25, 0.3) is 0 Å². The molecule has 1 fully saturated rings. The van der Waals surface area contributed by atoms with Crippen molar-refractivity contribution < 1.29 is 17.7 Å². The number of non-ortho nitro benzene ring substituents is 1. The van der Waals surface area contributed by atoms with Crippen molar-refractivity contribution in [3.05, 3.63) is 34.1 Å². The van der Waals surface area contributed by atoms with E-state index in [4.69, 9.17) is 5.73 Å². The predicted octanol–water partition coefficient (Wildman–Crippen LogP) is 1.09. The molecule has 9 heteroatoms. The van der Waals surface area contributed by atoms with Gasteiger partial charge in [0, 0.05) is 24.7 Å². The lowest BCUT2D eigenvalue weighted by Gasteiger charge is -2.21. The van der Waals surface area contributed by atoms with Crippen LogP contribution in [0.15, 0.2) is 23.1 Å². The quantitative estimate of drug-likeness (QED) is 0.661. The van der Waals surface area contributed by atoms with Crippen molar-refractivity contribution in [1.82, 2.24) is 4.31 Å². The van der Waals surface area contributed by atoms with Crippen LogP contribution >= 0.6 is 0 Å². The Hall–Kier alpha value is -1.58. The molecule has 0 aliphatic carbocycles. The standard InChI is InChI=1S/C12H16FN3O4S/c1-8-4-9(6-14)7-15(8)21(19,20)12-5-10(16(17)18)2-3-11(12)13/h2-3,5,8-9H,4,6-7,14H2,1H3. The smallest absolute Gasteiger partial charge is 0.270 e. The molecule has 2 rings (SSSR count). The molecule has 21 heavy (non-hydrogen) atoms. The monoisotopic (exact) mass is 317 g/mol. The fraction of sp³-hybridized carbons (Fsp3) is 0.500. The number of nitro groups is 1. The van der Waals surface area contributed by atoms with Crippen molar-refractivity contribution >= 4 is 15.7 Å². The third-order valence-corrected chi connectivity index (χ3v) is 5.64. The largest absolute Gasteiger partial charge is 0.330 e. The third kappa shape index (κ3) is 2.89. The molecule has 0 radical (unpaired) electrons. The van der Waals surface area contributed by atoms with Gasteiger partial charge in [-0.25, -0.2) is 12.8 Å². The van der Waals surface area contributed by atoms with Crippen molar-refractivity contribution in [3.63, 3.8) is 0 Å². The first-order valence-corrected chi connectivity index (χ1v) is 7.87. The maximum Gasteiger partial charge on any atom is 0.270 e. The summed E-state index contributed by atoms with van der Waals surface area (Å²) in [7, 11) is -4.12. The van der Waals surface area contributed by atoms with Gasteiger partial charge in [0.05, 0.1) is 4.92 Å². The molecule has 0 saturated carbocycles. The molecule has 1 aliphatic rings. The van der Waals surface area contributed by atoms with E-state index in [1.165, 1.54) is 0 Å². The van der Waals surface area contributed by atoms with Crippen LogP contribution in [0.1, 0.15) is 13.3 Å². The lowest BCUT2D eigenvalue weighted by molar-refractivity contribution is -0.385. The molecule has 0 aromatic heterocycles. The van der Waals surface area contributed by atoms with Crippen molar-refractivity contribution in [3.8, 4) is 0 Å². The molecule has 1 saturated heterocycles. The SMILES string of the molecule is CC1CC(CN)CN1S(=O)(=O)c1cc([N+](=O)[O-])ccc1F. The van der Waals surface area contributed by atoms with Gasteiger partial charge < -0.3 is 5.73 Å². The molecular formula is C12H16FN3O4S. The fourth-order valence-electron chi connectivity index (χ4n) is 2.54. The normalized spacial score (nSPS) is 23.4. The van der Waals surface area contributed by atoms with Gasteiger partial charge in [-0.05, 0) is 31.9 Å². The van der Waals surface area contributed by atoms with E-state index in [0.29, 0.717) is 13.0 Å². The van der Waals surface area contributed by atoms with Crippen LogP contribution in [0.2, 0.25) is 0 Å². The van der Waals surface area contributed by atoms with Gasteiger partial charge in [-0.2, -0.15) is 4.31 Å². The minimum Gasteiger partial charge on any atom is -0.330 e. The van der Waals surface area contributed by atoms with Crippen LogP contribution in [0.4, 0.5) is 10.1 Å². The summed E-state index contributed by atoms with van der Waals surface area (Å²) in [6.45, 7) is 2.25. The summed E-state index contributed by atoms with van der Waals surface area (Å²) in [5.41, 5.74) is 5.09. The van der Waals surface area contributed by atoms with Gasteiger partial charge in [0.25, 0.3) is 5.69 Å². The van der Waals surface area contributed by atoms with Crippen LogP contribution in [0, 0.1) is 21.8 Å². The zero-order chi connectivity index (χ0) is 15.8. The van der Waals surface area contributed by atoms with Gasteiger partial charge in [-0.3, -0.25) is 10.1 Å². The van der Waals surface area contributed by atoms with Crippen LogP contribution in [0.5, 0.6) is 0 Å². The molecule has 1 aromatic rings. The molecule has 2 unspecified atom stereocenters. The number of sulfonamides is 1. The number of halogens is 1. The van der Waals surface area contributed by atoms with Gasteiger partial charge in [0.1, 0.15) is 10.7 Å². The summed E-state index contributed by atoms with van der Waals surface area (Å²) in [5.74, 6) is -0.986. The van der Waals surface area contributed by atoms with E-state index in [2.05, 4.69) is 0 Å². The molecule has 116 valence electrons. The summed E-state index contributed by atoms with van der Waals surface area (Å²) in [5, 5.41) is 10.7. The first kappa shape index (κ1) is 15.8. The molecule has 0 bridgehead atoms. The lowest BCUT2D eigenvalue weighted by Crippen LogP contribution is -2.35. The highest BCUT2D eigenvalue weighted by atomic mass is 32.2. The predicted molar refractivity (Wildman–Crippen MR) is 73.6 cm³/mol. The minimum absolute atomic E-state index is 0.0107. The second-order valence-electron chi connectivity index (χ2n) is 5.13. The van der Waals surface area contributed by atoms with Crippen LogP contribution in [0.3, 0.4) is 0 Å². The number of hydrogen-bond donors (Lipinski definition) is 1. The number of benzene rings is 1. The molecular weight excluding hydrogens is 301 g/mol. The summed E-state index contributed by atoms with van der Waals surface area (Å²) < 4.78 is 40.0. The molecule has 1 heterocycles. The molecule has 2 atom stereocenters. The highest BCUT2D eigenvalue weighted by Crippen LogP contribution is 2.31. The second kappa shape index (κ2) is 5.66. The van der Waals surface area contributed by atoms with E-state index in [-0.39, 0.29) is 18.5 Å². The van der Waals surface area contributed by atoms with Crippen molar-refractivity contribution in [2.24, 2.45) is 11.7 Å². The minimum atomic E-state index is -4.12. The summed E-state index contributed by atoms with van der Waals surface area (Å²) in [4.78, 5) is 9.31. The lowest BCUT2D eigenvalue weighted by atomic mass is 10.1. The van der Waals surface area contributed by atoms with E-state index in [1.54, 1.807) is 6.92 Å². The highest BCUT2D eigenvalue weighted by Gasteiger charge is 2.39. The van der Waals surface area contributed by atoms with Gasteiger partial charge >= 0.3 is 0 Å². The average Bonchev–Trinajstić information content (AvgIpc) is 2.80. The summed E-state index contributed by atoms with van der Waals surface area (Å²) in [6.07, 6.45) is 0.590.